The van der Waals surface area contributed by atoms with Crippen LogP contribution < -0.4 is 16.4 Å². The van der Waals surface area contributed by atoms with Crippen LogP contribution in [0.3, 0.4) is 0 Å². The van der Waals surface area contributed by atoms with E-state index in [4.69, 9.17) is 21.8 Å². The van der Waals surface area contributed by atoms with E-state index in [9.17, 15) is 18.0 Å². The molecule has 0 aliphatic carbocycles. The number of amides is 2. The maximum atomic E-state index is 13.0. The highest BCUT2D eigenvalue weighted by molar-refractivity contribution is 7.89. The summed E-state index contributed by atoms with van der Waals surface area (Å²) >= 11 is 5.83. The maximum Gasteiger partial charge on any atom is 0.276 e. The summed E-state index contributed by atoms with van der Waals surface area (Å²) in [5.74, 6) is -0.469. The van der Waals surface area contributed by atoms with Crippen LogP contribution in [0.4, 0.5) is 5.69 Å². The number of piperidine rings is 1. The van der Waals surface area contributed by atoms with Crippen molar-refractivity contribution in [2.45, 2.75) is 30.5 Å². The lowest BCUT2D eigenvalue weighted by Crippen LogP contribution is -2.42. The summed E-state index contributed by atoms with van der Waals surface area (Å²) in [5, 5.41) is 6.44. The number of carbonyl (C=O) groups is 2. The summed E-state index contributed by atoms with van der Waals surface area (Å²) < 4.78 is 33.0. The second kappa shape index (κ2) is 10.5. The van der Waals surface area contributed by atoms with Gasteiger partial charge in [-0.1, -0.05) is 11.6 Å². The summed E-state index contributed by atoms with van der Waals surface area (Å²) in [6.07, 6.45) is 1.23. The lowest BCUT2D eigenvalue weighted by Gasteiger charge is -2.31. The number of rotatable bonds is 8. The van der Waals surface area contributed by atoms with Gasteiger partial charge in [0.1, 0.15) is 5.76 Å². The van der Waals surface area contributed by atoms with E-state index in [-0.39, 0.29) is 23.6 Å². The molecule has 2 aromatic carbocycles. The second-order valence-corrected chi connectivity index (χ2v) is 10.5. The molecule has 4 N–H and O–H groups in total. The smallest absolute Gasteiger partial charge is 0.276 e. The highest BCUT2D eigenvalue weighted by Crippen LogP contribution is 2.24. The third-order valence-electron chi connectivity index (χ3n) is 5.75. The number of nitrogens with two attached hydrogens (primary N) is 1. The van der Waals surface area contributed by atoms with Crippen LogP contribution in [0.25, 0.3) is 0 Å². The minimum Gasteiger partial charge on any atom is -0.446 e. The highest BCUT2D eigenvalue weighted by Gasteiger charge is 2.31. The van der Waals surface area contributed by atoms with Crippen molar-refractivity contribution in [1.82, 2.24) is 9.62 Å². The zero-order valence-electron chi connectivity index (χ0n) is 18.7. The molecule has 9 nitrogen and oxygen atoms in total. The van der Waals surface area contributed by atoms with Crippen LogP contribution in [0.5, 0.6) is 0 Å². The van der Waals surface area contributed by atoms with Crippen molar-refractivity contribution in [3.63, 3.8) is 0 Å². The SMILES string of the molecule is NC(=O)c1ccc(NC2CCN(S(=O)(=O)c3ccc(CNC(=O)c4ccc(Cl)cc4)o3)CC2)cc1. The van der Waals surface area contributed by atoms with Gasteiger partial charge in [0, 0.05) is 41.0 Å². The monoisotopic (exact) mass is 516 g/mol. The van der Waals surface area contributed by atoms with Crippen molar-refractivity contribution in [2.75, 3.05) is 18.4 Å². The largest absolute Gasteiger partial charge is 0.446 e. The topological polar surface area (TPSA) is 135 Å². The lowest BCUT2D eigenvalue weighted by atomic mass is 10.1. The van der Waals surface area contributed by atoms with Crippen molar-refractivity contribution in [3.05, 3.63) is 82.6 Å². The first kappa shape index (κ1) is 24.8. The number of nitrogens with zero attached hydrogens (tertiary/aromatic N) is 1. The van der Waals surface area contributed by atoms with Crippen LogP contribution in [0.2, 0.25) is 5.02 Å². The van der Waals surface area contributed by atoms with Crippen LogP contribution in [0.1, 0.15) is 39.3 Å². The molecule has 0 saturated carbocycles. The molecule has 0 bridgehead atoms. The van der Waals surface area contributed by atoms with E-state index in [0.29, 0.717) is 47.8 Å². The lowest BCUT2D eigenvalue weighted by molar-refractivity contribution is 0.0946. The van der Waals surface area contributed by atoms with Crippen molar-refractivity contribution in [3.8, 4) is 0 Å². The quantitative estimate of drug-likeness (QED) is 0.420. The molecule has 35 heavy (non-hydrogen) atoms. The van der Waals surface area contributed by atoms with Crippen molar-refractivity contribution in [2.24, 2.45) is 5.73 Å². The first-order chi connectivity index (χ1) is 16.7. The Morgan fingerprint density at radius 2 is 1.60 bits per heavy atom. The van der Waals surface area contributed by atoms with Crippen LogP contribution in [0.15, 0.2) is 70.2 Å². The Morgan fingerprint density at radius 3 is 2.23 bits per heavy atom. The van der Waals surface area contributed by atoms with Gasteiger partial charge in [-0.3, -0.25) is 9.59 Å². The van der Waals surface area contributed by atoms with Gasteiger partial charge in [0.15, 0.2) is 0 Å². The van der Waals surface area contributed by atoms with Gasteiger partial charge in [-0.05, 0) is 73.5 Å². The number of anilines is 1. The number of hydrogen-bond acceptors (Lipinski definition) is 6. The van der Waals surface area contributed by atoms with Gasteiger partial charge >= 0.3 is 0 Å². The number of sulfonamides is 1. The number of benzene rings is 2. The van der Waals surface area contributed by atoms with E-state index in [0.717, 1.165) is 5.69 Å². The molecule has 1 aliphatic rings. The molecule has 1 aromatic heterocycles. The molecule has 2 amide bonds. The predicted molar refractivity (Wildman–Crippen MR) is 132 cm³/mol. The third kappa shape index (κ3) is 6.02. The van der Waals surface area contributed by atoms with E-state index in [2.05, 4.69) is 10.6 Å². The Bertz CT molecular complexity index is 1300. The fourth-order valence-corrected chi connectivity index (χ4v) is 5.32. The molecule has 2 heterocycles. The average Bonchev–Trinajstić information content (AvgIpc) is 3.34. The molecule has 0 radical (unpaired) electrons. The highest BCUT2D eigenvalue weighted by atomic mass is 35.5. The zero-order valence-corrected chi connectivity index (χ0v) is 20.3. The van der Waals surface area contributed by atoms with E-state index in [1.165, 1.54) is 10.4 Å². The molecule has 4 rings (SSSR count). The van der Waals surface area contributed by atoms with E-state index in [1.54, 1.807) is 54.6 Å². The average molecular weight is 517 g/mol. The molecule has 1 fully saturated rings. The summed E-state index contributed by atoms with van der Waals surface area (Å²) in [6, 6.07) is 16.3. The van der Waals surface area contributed by atoms with Crippen molar-refractivity contribution < 1.29 is 22.4 Å². The predicted octanol–water partition coefficient (Wildman–Crippen LogP) is 3.23. The van der Waals surface area contributed by atoms with E-state index < -0.39 is 15.9 Å². The number of carbonyl (C=O) groups excluding carboxylic acids is 2. The van der Waals surface area contributed by atoms with E-state index in [1.807, 2.05) is 0 Å². The van der Waals surface area contributed by atoms with Gasteiger partial charge in [0.2, 0.25) is 11.0 Å². The molecule has 3 aromatic rings. The Morgan fingerprint density at radius 1 is 0.971 bits per heavy atom. The van der Waals surface area contributed by atoms with Gasteiger partial charge in [-0.2, -0.15) is 4.31 Å². The summed E-state index contributed by atoms with van der Waals surface area (Å²) in [7, 11) is -3.79. The Labute approximate surface area is 208 Å². The molecule has 1 saturated heterocycles. The molecule has 1 aliphatic heterocycles. The van der Waals surface area contributed by atoms with Crippen LogP contribution >= 0.6 is 11.6 Å². The minimum absolute atomic E-state index is 0.0531. The number of furan rings is 1. The van der Waals surface area contributed by atoms with Crippen molar-refractivity contribution in [1.29, 1.82) is 0 Å². The van der Waals surface area contributed by atoms with Crippen LogP contribution in [-0.2, 0) is 16.6 Å². The number of hydrogen-bond donors (Lipinski definition) is 3. The molecule has 11 heteroatoms. The fraction of sp³-hybridized carbons (Fsp3) is 0.250. The standard InChI is InChI=1S/C24H25ClN4O5S/c25-18-5-1-17(2-6-18)24(31)27-15-21-9-10-22(34-21)35(32,33)29-13-11-20(12-14-29)28-19-7-3-16(4-8-19)23(26)30/h1-10,20,28H,11-15H2,(H2,26,30)(H,27,31). The maximum absolute atomic E-state index is 13.0. The summed E-state index contributed by atoms with van der Waals surface area (Å²) in [6.45, 7) is 0.725. The van der Waals surface area contributed by atoms with Crippen molar-refractivity contribution >= 4 is 39.1 Å². The summed E-state index contributed by atoms with van der Waals surface area (Å²) in [4.78, 5) is 23.4. The van der Waals surface area contributed by atoms with Gasteiger partial charge < -0.3 is 20.8 Å². The Hall–Kier alpha value is -3.34. The zero-order chi connectivity index (χ0) is 25.0. The Balaban J connectivity index is 1.30. The number of primary amides is 1. The Kier molecular flexibility index (Phi) is 7.44. The summed E-state index contributed by atoms with van der Waals surface area (Å²) in [5.41, 5.74) is 6.97. The number of halogens is 1. The number of nitrogens with one attached hydrogen (secondary N) is 2. The first-order valence-corrected chi connectivity index (χ1v) is 12.8. The van der Waals surface area contributed by atoms with Gasteiger partial charge in [-0.25, -0.2) is 8.42 Å². The normalized spacial score (nSPS) is 15.0. The molecule has 0 spiro atoms. The van der Waals surface area contributed by atoms with E-state index >= 15 is 0 Å². The molecule has 0 atom stereocenters. The molecular weight excluding hydrogens is 492 g/mol. The second-order valence-electron chi connectivity index (χ2n) is 8.17. The molecule has 184 valence electrons. The minimum atomic E-state index is -3.79. The van der Waals surface area contributed by atoms with Gasteiger partial charge in [-0.15, -0.1) is 0 Å². The third-order valence-corrected chi connectivity index (χ3v) is 7.78. The van der Waals surface area contributed by atoms with Gasteiger partial charge in [0.05, 0.1) is 6.54 Å². The fourth-order valence-electron chi connectivity index (χ4n) is 3.80. The van der Waals surface area contributed by atoms with Gasteiger partial charge in [0.25, 0.3) is 15.9 Å². The van der Waals surface area contributed by atoms with Crippen LogP contribution in [0, 0.1) is 0 Å². The first-order valence-electron chi connectivity index (χ1n) is 11.0. The van der Waals surface area contributed by atoms with Crippen LogP contribution in [-0.4, -0.2) is 43.7 Å². The molecular formula is C24H25ClN4O5S. The molecule has 0 unspecified atom stereocenters.